The molecule has 8 heteroatoms. The van der Waals surface area contributed by atoms with Gasteiger partial charge in [0.05, 0.1) is 17.5 Å². The number of hydrogen-bond donors (Lipinski definition) is 3. The van der Waals surface area contributed by atoms with Crippen LogP contribution < -0.4 is 15.5 Å². The number of aromatic nitrogens is 1. The maximum absolute atomic E-state index is 14.5. The van der Waals surface area contributed by atoms with Gasteiger partial charge < -0.3 is 10.3 Å². The summed E-state index contributed by atoms with van der Waals surface area (Å²) < 4.78 is 14.5. The van der Waals surface area contributed by atoms with Gasteiger partial charge in [0.1, 0.15) is 11.4 Å². The van der Waals surface area contributed by atoms with Gasteiger partial charge in [-0.1, -0.05) is 30.3 Å². The summed E-state index contributed by atoms with van der Waals surface area (Å²) in [5.74, 6) is -3.59. The van der Waals surface area contributed by atoms with E-state index in [0.29, 0.717) is 23.4 Å². The molecule has 2 fully saturated rings. The van der Waals surface area contributed by atoms with Crippen LogP contribution in [0.1, 0.15) is 16.7 Å². The predicted octanol–water partition coefficient (Wildman–Crippen LogP) is 3.78. The maximum atomic E-state index is 14.5. The highest BCUT2D eigenvalue weighted by molar-refractivity contribution is 6.25. The van der Waals surface area contributed by atoms with E-state index in [0.717, 1.165) is 22.0 Å². The molecule has 0 aliphatic carbocycles. The lowest BCUT2D eigenvalue weighted by molar-refractivity contribution is -0.130. The first-order chi connectivity index (χ1) is 17.9. The Balaban J connectivity index is 1.39. The number of rotatable bonds is 3. The molecule has 3 aliphatic heterocycles. The topological polar surface area (TPSA) is 94.3 Å². The summed E-state index contributed by atoms with van der Waals surface area (Å²) in [5, 5.41) is 7.22. The number of carbonyl (C=O) groups excluding carboxylic acids is 3. The summed E-state index contributed by atoms with van der Waals surface area (Å²) in [7, 11) is 0. The highest BCUT2D eigenvalue weighted by Gasteiger charge is 2.70. The van der Waals surface area contributed by atoms with Gasteiger partial charge >= 0.3 is 0 Å². The van der Waals surface area contributed by atoms with Gasteiger partial charge in [-0.2, -0.15) is 0 Å². The van der Waals surface area contributed by atoms with E-state index in [2.05, 4.69) is 15.6 Å². The van der Waals surface area contributed by atoms with Gasteiger partial charge in [-0.25, -0.2) is 9.29 Å². The third-order valence-corrected chi connectivity index (χ3v) is 8.05. The van der Waals surface area contributed by atoms with Crippen LogP contribution in [-0.2, 0) is 26.3 Å². The molecule has 4 atom stereocenters. The van der Waals surface area contributed by atoms with Crippen molar-refractivity contribution in [1.82, 2.24) is 10.3 Å². The number of nitrogens with zero attached hydrogens (tertiary/aromatic N) is 1. The summed E-state index contributed by atoms with van der Waals surface area (Å²) in [6.45, 7) is 1.89. The van der Waals surface area contributed by atoms with E-state index >= 15 is 0 Å². The van der Waals surface area contributed by atoms with Crippen LogP contribution in [0.5, 0.6) is 0 Å². The number of hydrogen-bond acceptors (Lipinski definition) is 4. The molecule has 3 amide bonds. The molecule has 3 aromatic carbocycles. The van der Waals surface area contributed by atoms with Crippen molar-refractivity contribution in [3.05, 3.63) is 95.4 Å². The number of halogens is 1. The first kappa shape index (κ1) is 21.9. The first-order valence-corrected chi connectivity index (χ1v) is 12.3. The Hall–Kier alpha value is -4.30. The van der Waals surface area contributed by atoms with E-state index < -0.39 is 41.0 Å². The van der Waals surface area contributed by atoms with Crippen molar-refractivity contribution in [3.8, 4) is 0 Å². The first-order valence-electron chi connectivity index (χ1n) is 12.3. The fraction of sp³-hybridized carbons (Fsp3) is 0.207. The number of aryl methyl sites for hydroxylation is 1. The van der Waals surface area contributed by atoms with Gasteiger partial charge in [0.15, 0.2) is 0 Å². The van der Waals surface area contributed by atoms with Gasteiger partial charge in [-0.05, 0) is 60.9 Å². The summed E-state index contributed by atoms with van der Waals surface area (Å²) in [6.07, 6.45) is 2.31. The normalized spacial score (nSPS) is 26.3. The number of H-pyrrole nitrogens is 1. The number of anilines is 2. The molecular weight excluding hydrogens is 471 g/mol. The van der Waals surface area contributed by atoms with Crippen LogP contribution in [-0.4, -0.2) is 28.7 Å². The third kappa shape index (κ3) is 2.93. The molecule has 37 heavy (non-hydrogen) atoms. The minimum absolute atomic E-state index is 0.354. The van der Waals surface area contributed by atoms with Crippen LogP contribution in [0.2, 0.25) is 0 Å². The smallest absolute Gasteiger partial charge is 0.250 e. The number of aromatic amines is 1. The molecule has 1 spiro atoms. The molecule has 3 N–H and O–H groups in total. The molecule has 0 saturated carbocycles. The molecule has 1 aromatic heterocycles. The van der Waals surface area contributed by atoms with Crippen molar-refractivity contribution in [1.29, 1.82) is 0 Å². The molecule has 184 valence electrons. The molecule has 0 bridgehead atoms. The lowest BCUT2D eigenvalue weighted by Gasteiger charge is -2.29. The quantitative estimate of drug-likeness (QED) is 0.378. The minimum atomic E-state index is -1.55. The van der Waals surface area contributed by atoms with Crippen LogP contribution in [0, 0.1) is 24.6 Å². The average molecular weight is 495 g/mol. The Morgan fingerprint density at radius 3 is 2.65 bits per heavy atom. The zero-order valence-electron chi connectivity index (χ0n) is 19.9. The van der Waals surface area contributed by atoms with Crippen molar-refractivity contribution < 1.29 is 18.8 Å². The summed E-state index contributed by atoms with van der Waals surface area (Å²) in [6, 6.07) is 18.6. The Morgan fingerprint density at radius 2 is 1.81 bits per heavy atom. The minimum Gasteiger partial charge on any atom is -0.361 e. The van der Waals surface area contributed by atoms with Gasteiger partial charge in [0.2, 0.25) is 17.7 Å². The fourth-order valence-corrected chi connectivity index (χ4v) is 6.51. The van der Waals surface area contributed by atoms with Gasteiger partial charge in [-0.3, -0.25) is 19.7 Å². The molecule has 2 saturated heterocycles. The molecule has 0 unspecified atom stereocenters. The van der Waals surface area contributed by atoms with Gasteiger partial charge in [0, 0.05) is 34.4 Å². The van der Waals surface area contributed by atoms with E-state index in [-0.39, 0.29) is 5.91 Å². The molecule has 0 radical (unpaired) electrons. The van der Waals surface area contributed by atoms with Crippen LogP contribution in [0.25, 0.3) is 10.9 Å². The fourth-order valence-electron chi connectivity index (χ4n) is 6.51. The molecule has 4 aromatic rings. The van der Waals surface area contributed by atoms with E-state index in [1.54, 1.807) is 18.2 Å². The van der Waals surface area contributed by atoms with Gasteiger partial charge in [-0.15, -0.1) is 0 Å². The zero-order chi connectivity index (χ0) is 25.5. The van der Waals surface area contributed by atoms with Crippen LogP contribution in [0.15, 0.2) is 72.9 Å². The molecule has 3 aliphatic rings. The van der Waals surface area contributed by atoms with Crippen molar-refractivity contribution in [2.75, 3.05) is 10.2 Å². The Labute approximate surface area is 211 Å². The van der Waals surface area contributed by atoms with Crippen LogP contribution in [0.4, 0.5) is 15.8 Å². The van der Waals surface area contributed by atoms with Crippen molar-refractivity contribution >= 4 is 40.0 Å². The zero-order valence-corrected chi connectivity index (χ0v) is 19.9. The molecule has 4 heterocycles. The summed E-state index contributed by atoms with van der Waals surface area (Å²) in [5.41, 5.74) is 2.57. The lowest BCUT2D eigenvalue weighted by Crippen LogP contribution is -2.53. The second kappa shape index (κ2) is 7.60. The van der Waals surface area contributed by atoms with Crippen LogP contribution >= 0.6 is 0 Å². The van der Waals surface area contributed by atoms with E-state index in [4.69, 9.17) is 0 Å². The maximum Gasteiger partial charge on any atom is 0.250 e. The standard InChI is InChI=1S/C29H23FN4O3/c1-15-5-4-6-18(11-15)34-26(35)24-23(12-16-14-31-21-8-3-2-7-19(16)21)33-29(25(24)27(34)36)20-13-17(30)9-10-22(20)32-28(29)37/h2-11,13-14,23-25,31,33H,12H2,1H3,(H,32,37)/t23-,24-,25+,29-/m1/s1. The van der Waals surface area contributed by atoms with Crippen molar-refractivity contribution in [2.24, 2.45) is 11.8 Å². The number of amides is 3. The van der Waals surface area contributed by atoms with Crippen molar-refractivity contribution in [2.45, 2.75) is 24.9 Å². The number of carbonyl (C=O) groups is 3. The summed E-state index contributed by atoms with van der Waals surface area (Å²) >= 11 is 0. The molecule has 7 nitrogen and oxygen atoms in total. The number of para-hydroxylation sites is 1. The van der Waals surface area contributed by atoms with Crippen molar-refractivity contribution in [3.63, 3.8) is 0 Å². The Morgan fingerprint density at radius 1 is 0.973 bits per heavy atom. The molecular formula is C29H23FN4O3. The number of nitrogens with one attached hydrogen (secondary N) is 3. The highest BCUT2D eigenvalue weighted by atomic mass is 19.1. The Kier molecular flexibility index (Phi) is 4.51. The molecule has 7 rings (SSSR count). The third-order valence-electron chi connectivity index (χ3n) is 8.05. The predicted molar refractivity (Wildman–Crippen MR) is 136 cm³/mol. The highest BCUT2D eigenvalue weighted by Crippen LogP contribution is 2.54. The summed E-state index contributed by atoms with van der Waals surface area (Å²) in [4.78, 5) is 46.1. The van der Waals surface area contributed by atoms with E-state index in [1.165, 1.54) is 23.1 Å². The van der Waals surface area contributed by atoms with Crippen LogP contribution in [0.3, 0.4) is 0 Å². The van der Waals surface area contributed by atoms with E-state index in [1.807, 2.05) is 43.5 Å². The monoisotopic (exact) mass is 494 g/mol. The SMILES string of the molecule is Cc1cccc(N2C(=O)[C@H]3[C@@H](C2=O)[C@@]2(N[C@@H]3Cc3c[nH]c4ccccc34)C(=O)Nc3ccc(F)cc32)c1. The lowest BCUT2D eigenvalue weighted by atomic mass is 9.76. The number of benzene rings is 3. The van der Waals surface area contributed by atoms with E-state index in [9.17, 15) is 18.8 Å². The Bertz CT molecular complexity index is 1650. The number of fused-ring (bicyclic) bond motifs is 5. The van der Waals surface area contributed by atoms with Gasteiger partial charge in [0.25, 0.3) is 0 Å². The second-order valence-electron chi connectivity index (χ2n) is 10.1. The average Bonchev–Trinajstić information content (AvgIpc) is 3.58. The second-order valence-corrected chi connectivity index (χ2v) is 10.1. The largest absolute Gasteiger partial charge is 0.361 e. The number of imide groups is 1.